The first-order valence-corrected chi connectivity index (χ1v) is 12.8. The highest BCUT2D eigenvalue weighted by Gasteiger charge is 2.52. The van der Waals surface area contributed by atoms with Gasteiger partial charge in [-0.1, -0.05) is 0 Å². The van der Waals surface area contributed by atoms with E-state index in [1.54, 1.807) is 12.1 Å². The first-order valence-electron chi connectivity index (χ1n) is 12.8. The Morgan fingerprint density at radius 2 is 1.49 bits per heavy atom. The molecule has 1 fully saturated rings. The van der Waals surface area contributed by atoms with E-state index in [0.29, 0.717) is 36.2 Å². The van der Waals surface area contributed by atoms with Gasteiger partial charge in [-0.15, -0.1) is 0 Å². The van der Waals surface area contributed by atoms with Crippen molar-refractivity contribution in [2.24, 2.45) is 11.8 Å². The molecule has 0 spiro atoms. The van der Waals surface area contributed by atoms with Crippen LogP contribution in [0.3, 0.4) is 0 Å². The maximum Gasteiger partial charge on any atom is 0.310 e. The van der Waals surface area contributed by atoms with E-state index in [0.717, 1.165) is 22.4 Å². The van der Waals surface area contributed by atoms with Gasteiger partial charge in [0, 0.05) is 23.6 Å². The molecule has 3 aliphatic heterocycles. The zero-order valence-electron chi connectivity index (χ0n) is 21.4. The van der Waals surface area contributed by atoms with Crippen LogP contribution in [-0.4, -0.2) is 51.9 Å². The average molecular weight is 534 g/mol. The summed E-state index contributed by atoms with van der Waals surface area (Å²) in [5.41, 5.74) is 3.44. The predicted molar refractivity (Wildman–Crippen MR) is 137 cm³/mol. The lowest BCUT2D eigenvalue weighted by molar-refractivity contribution is -0.141. The number of anilines is 1. The molecular weight excluding hydrogens is 506 g/mol. The lowest BCUT2D eigenvalue weighted by Crippen LogP contribution is -2.37. The van der Waals surface area contributed by atoms with Gasteiger partial charge in [-0.05, 0) is 53.1 Å². The van der Waals surface area contributed by atoms with Gasteiger partial charge in [-0.2, -0.15) is 0 Å². The number of carbonyl (C=O) groups excluding carboxylic acids is 1. The summed E-state index contributed by atoms with van der Waals surface area (Å²) in [5.74, 6) is 1.64. The number of esters is 1. The van der Waals surface area contributed by atoms with E-state index < -0.39 is 11.8 Å². The number of methoxy groups -OCH3 is 2. The number of rotatable bonds is 5. The molecule has 0 aromatic heterocycles. The second kappa shape index (κ2) is 9.07. The topological polar surface area (TPSA) is 114 Å². The third-order valence-electron chi connectivity index (χ3n) is 7.91. The van der Waals surface area contributed by atoms with Gasteiger partial charge in [0.25, 0.3) is 0 Å². The molecular formula is C29H27NO9. The summed E-state index contributed by atoms with van der Waals surface area (Å²) in [4.78, 5) is 13.3. The van der Waals surface area contributed by atoms with Crippen LogP contribution < -0.4 is 33.7 Å². The summed E-state index contributed by atoms with van der Waals surface area (Å²) in [6.07, 6.45) is 0. The number of hydrogen-bond donors (Lipinski definition) is 2. The highest BCUT2D eigenvalue weighted by Crippen LogP contribution is 2.56. The molecule has 7 rings (SSSR count). The molecule has 10 nitrogen and oxygen atoms in total. The van der Waals surface area contributed by atoms with Crippen LogP contribution in [0.15, 0.2) is 42.5 Å². The molecule has 2 N–H and O–H groups in total. The van der Waals surface area contributed by atoms with Gasteiger partial charge in [0.1, 0.15) is 13.2 Å². The van der Waals surface area contributed by atoms with Crippen LogP contribution in [0.4, 0.5) is 5.69 Å². The van der Waals surface area contributed by atoms with Crippen LogP contribution >= 0.6 is 0 Å². The van der Waals surface area contributed by atoms with Crippen molar-refractivity contribution in [3.63, 3.8) is 0 Å². The van der Waals surface area contributed by atoms with Crippen molar-refractivity contribution in [1.29, 1.82) is 0 Å². The fourth-order valence-corrected chi connectivity index (χ4v) is 6.15. The van der Waals surface area contributed by atoms with E-state index in [2.05, 4.69) is 5.32 Å². The molecule has 202 valence electrons. The van der Waals surface area contributed by atoms with Gasteiger partial charge in [-0.25, -0.2) is 0 Å². The Bertz CT molecular complexity index is 1450. The molecule has 10 heteroatoms. The predicted octanol–water partition coefficient (Wildman–Crippen LogP) is 4.00. The zero-order chi connectivity index (χ0) is 26.7. The van der Waals surface area contributed by atoms with Crippen LogP contribution in [0.25, 0.3) is 0 Å². The number of phenolic OH excluding ortho intramolecular Hbond substituents is 1. The van der Waals surface area contributed by atoms with E-state index in [9.17, 15) is 9.90 Å². The largest absolute Gasteiger partial charge is 0.502 e. The minimum atomic E-state index is -0.508. The van der Waals surface area contributed by atoms with Crippen LogP contribution in [0, 0.1) is 11.8 Å². The van der Waals surface area contributed by atoms with E-state index in [4.69, 9.17) is 33.2 Å². The molecule has 1 saturated heterocycles. The average Bonchev–Trinajstić information content (AvgIpc) is 3.58. The van der Waals surface area contributed by atoms with Crippen molar-refractivity contribution in [3.8, 4) is 40.2 Å². The number of hydrogen-bond acceptors (Lipinski definition) is 10. The molecule has 0 bridgehead atoms. The van der Waals surface area contributed by atoms with Gasteiger partial charge < -0.3 is 43.6 Å². The molecule has 3 heterocycles. The number of ether oxygens (including phenoxy) is 7. The Morgan fingerprint density at radius 1 is 0.821 bits per heavy atom. The lowest BCUT2D eigenvalue weighted by Gasteiger charge is -2.40. The van der Waals surface area contributed by atoms with Crippen LogP contribution in [0.1, 0.15) is 28.7 Å². The van der Waals surface area contributed by atoms with E-state index in [1.807, 2.05) is 30.3 Å². The Balaban J connectivity index is 1.38. The summed E-state index contributed by atoms with van der Waals surface area (Å²) < 4.78 is 39.5. The van der Waals surface area contributed by atoms with E-state index >= 15 is 0 Å². The Labute approximate surface area is 224 Å². The molecule has 3 aromatic rings. The molecule has 4 aliphatic rings. The number of nitrogens with one attached hydrogen (secondary N) is 1. The SMILES string of the molecule is COc1cc([C@H]2c3cc4c(cc3[C@H](Nc3ccc5c(c3)OCCO5)[C@H]3COC(=O)[C@H]23)OCO4)cc(OC)c1O. The molecule has 0 radical (unpaired) electrons. The first kappa shape index (κ1) is 23.6. The third-order valence-corrected chi connectivity index (χ3v) is 7.91. The van der Waals surface area contributed by atoms with Crippen molar-refractivity contribution in [3.05, 3.63) is 59.2 Å². The number of carbonyl (C=O) groups is 1. The summed E-state index contributed by atoms with van der Waals surface area (Å²) >= 11 is 0. The van der Waals surface area contributed by atoms with Crippen molar-refractivity contribution in [2.45, 2.75) is 12.0 Å². The van der Waals surface area contributed by atoms with Gasteiger partial charge in [0.05, 0.1) is 32.8 Å². The maximum atomic E-state index is 13.3. The lowest BCUT2D eigenvalue weighted by atomic mass is 9.65. The quantitative estimate of drug-likeness (QED) is 0.467. The minimum Gasteiger partial charge on any atom is -0.502 e. The molecule has 39 heavy (non-hydrogen) atoms. The Hall–Kier alpha value is -4.47. The van der Waals surface area contributed by atoms with Crippen LogP contribution in [-0.2, 0) is 9.53 Å². The van der Waals surface area contributed by atoms with Gasteiger partial charge >= 0.3 is 5.97 Å². The maximum absolute atomic E-state index is 13.3. The zero-order valence-corrected chi connectivity index (χ0v) is 21.4. The number of benzene rings is 3. The number of fused-ring (bicyclic) bond motifs is 4. The van der Waals surface area contributed by atoms with E-state index in [1.165, 1.54) is 14.2 Å². The highest BCUT2D eigenvalue weighted by atomic mass is 16.7. The molecule has 4 atom stereocenters. The summed E-state index contributed by atoms with van der Waals surface area (Å²) in [7, 11) is 2.95. The molecule has 3 aromatic carbocycles. The number of cyclic esters (lactones) is 1. The number of aromatic hydroxyl groups is 1. The molecule has 0 saturated carbocycles. The summed E-state index contributed by atoms with van der Waals surface area (Å²) in [5, 5.41) is 14.2. The number of phenols is 1. The fraction of sp³-hybridized carbons (Fsp3) is 0.345. The first-order chi connectivity index (χ1) is 19.1. The molecule has 0 unspecified atom stereocenters. The minimum absolute atomic E-state index is 0.103. The van der Waals surface area contributed by atoms with Crippen molar-refractivity contribution < 1.29 is 43.1 Å². The standard InChI is InChI=1S/C29H27NO9/c1-33-23-7-14(8-24(34-2)28(23)31)25-16-10-21-22(39-13-38-21)11-17(16)27(18-12-37-29(32)26(18)25)30-15-3-4-19-20(9-15)36-6-5-35-19/h3-4,7-11,18,25-27,30-31H,5-6,12-13H2,1-2H3/t18-,25-,26-,27-/m0/s1. The highest BCUT2D eigenvalue weighted by molar-refractivity contribution is 5.79. The second-order valence-corrected chi connectivity index (χ2v) is 9.89. The van der Waals surface area contributed by atoms with Gasteiger partial charge in [0.15, 0.2) is 34.5 Å². The van der Waals surface area contributed by atoms with E-state index in [-0.39, 0.29) is 48.6 Å². The monoisotopic (exact) mass is 533 g/mol. The Morgan fingerprint density at radius 3 is 2.21 bits per heavy atom. The smallest absolute Gasteiger partial charge is 0.310 e. The molecule has 1 aliphatic carbocycles. The van der Waals surface area contributed by atoms with Crippen LogP contribution in [0.5, 0.6) is 40.2 Å². The summed E-state index contributed by atoms with van der Waals surface area (Å²) in [6, 6.07) is 12.9. The van der Waals surface area contributed by atoms with Gasteiger partial charge in [0.2, 0.25) is 12.5 Å². The second-order valence-electron chi connectivity index (χ2n) is 9.89. The Kier molecular flexibility index (Phi) is 5.50. The van der Waals surface area contributed by atoms with Crippen LogP contribution in [0.2, 0.25) is 0 Å². The van der Waals surface area contributed by atoms with Gasteiger partial charge in [-0.3, -0.25) is 4.79 Å². The third kappa shape index (κ3) is 3.73. The fourth-order valence-electron chi connectivity index (χ4n) is 6.15. The van der Waals surface area contributed by atoms with Crippen molar-refractivity contribution >= 4 is 11.7 Å². The molecule has 0 amide bonds. The van der Waals surface area contributed by atoms with Crippen molar-refractivity contribution in [2.75, 3.05) is 46.1 Å². The normalized spacial score (nSPS) is 23.9. The summed E-state index contributed by atoms with van der Waals surface area (Å²) in [6.45, 7) is 1.38. The van der Waals surface area contributed by atoms with Crippen molar-refractivity contribution in [1.82, 2.24) is 0 Å².